The summed E-state index contributed by atoms with van der Waals surface area (Å²) in [5, 5.41) is 0. The second kappa shape index (κ2) is 7.91. The molecule has 1 aromatic rings. The highest BCUT2D eigenvalue weighted by molar-refractivity contribution is 5.98. The average Bonchev–Trinajstić information content (AvgIpc) is 2.31. The predicted octanol–water partition coefficient (Wildman–Crippen LogP) is 4.09. The lowest BCUT2D eigenvalue weighted by atomic mass is 10.1. The first-order valence-corrected chi connectivity index (χ1v) is 5.94. The molecule has 2 nitrogen and oxygen atoms in total. The molecule has 0 saturated heterocycles. The number of hydrogen-bond donors (Lipinski definition) is 0. The first-order chi connectivity index (χ1) is 7.65. The zero-order valence-electron chi connectivity index (χ0n) is 10.9. The molecule has 0 amide bonds. The molecule has 1 rings (SSSR count). The SMILES string of the molecule is CC.CCC(=O)c1ccccc1OC(C)C. The predicted molar refractivity (Wildman–Crippen MR) is 68.2 cm³/mol. The van der Waals surface area contributed by atoms with Crippen molar-refractivity contribution < 1.29 is 9.53 Å². The van der Waals surface area contributed by atoms with E-state index in [9.17, 15) is 4.79 Å². The molecule has 0 atom stereocenters. The Balaban J connectivity index is 0.00000106. The molecule has 0 spiro atoms. The Hall–Kier alpha value is -1.31. The van der Waals surface area contributed by atoms with Crippen molar-refractivity contribution in [1.29, 1.82) is 0 Å². The largest absolute Gasteiger partial charge is 0.490 e. The molecule has 0 aliphatic heterocycles. The van der Waals surface area contributed by atoms with Crippen LogP contribution in [0.15, 0.2) is 24.3 Å². The third-order valence-electron chi connectivity index (χ3n) is 1.87. The Labute approximate surface area is 98.6 Å². The minimum absolute atomic E-state index is 0.0980. The van der Waals surface area contributed by atoms with Gasteiger partial charge in [-0.2, -0.15) is 0 Å². The minimum atomic E-state index is 0.0980. The van der Waals surface area contributed by atoms with E-state index in [0.29, 0.717) is 17.7 Å². The van der Waals surface area contributed by atoms with Crippen LogP contribution in [-0.4, -0.2) is 11.9 Å². The summed E-state index contributed by atoms with van der Waals surface area (Å²) in [6.45, 7) is 9.76. The molecule has 90 valence electrons. The van der Waals surface area contributed by atoms with Gasteiger partial charge in [0, 0.05) is 6.42 Å². The van der Waals surface area contributed by atoms with Gasteiger partial charge in [0.2, 0.25) is 0 Å². The summed E-state index contributed by atoms with van der Waals surface area (Å²) in [7, 11) is 0. The third kappa shape index (κ3) is 4.47. The van der Waals surface area contributed by atoms with Gasteiger partial charge < -0.3 is 4.74 Å². The van der Waals surface area contributed by atoms with Gasteiger partial charge in [-0.3, -0.25) is 4.79 Å². The molecule has 0 fully saturated rings. The molecule has 0 aliphatic carbocycles. The number of hydrogen-bond acceptors (Lipinski definition) is 2. The number of carbonyl (C=O) groups is 1. The van der Waals surface area contributed by atoms with E-state index in [0.717, 1.165) is 0 Å². The molecule has 0 unspecified atom stereocenters. The van der Waals surface area contributed by atoms with Gasteiger partial charge in [-0.15, -0.1) is 0 Å². The van der Waals surface area contributed by atoms with Gasteiger partial charge in [0.25, 0.3) is 0 Å². The summed E-state index contributed by atoms with van der Waals surface area (Å²) in [6.07, 6.45) is 0.610. The Morgan fingerprint density at radius 3 is 2.31 bits per heavy atom. The smallest absolute Gasteiger partial charge is 0.166 e. The second-order valence-electron chi connectivity index (χ2n) is 3.44. The van der Waals surface area contributed by atoms with Crippen molar-refractivity contribution in [3.05, 3.63) is 29.8 Å². The first kappa shape index (κ1) is 14.7. The Kier molecular flexibility index (Phi) is 7.27. The van der Waals surface area contributed by atoms with Gasteiger partial charge in [0.05, 0.1) is 11.7 Å². The molecule has 0 aliphatic rings. The highest BCUT2D eigenvalue weighted by Crippen LogP contribution is 2.20. The van der Waals surface area contributed by atoms with Crippen molar-refractivity contribution in [2.75, 3.05) is 0 Å². The molecule has 1 aromatic carbocycles. The standard InChI is InChI=1S/C12H16O2.C2H6/c1-4-11(13)10-7-5-6-8-12(10)14-9(2)3;1-2/h5-9H,4H2,1-3H3;1-2H3. The molecular formula is C14H22O2. The monoisotopic (exact) mass is 222 g/mol. The van der Waals surface area contributed by atoms with Gasteiger partial charge in [-0.05, 0) is 26.0 Å². The van der Waals surface area contributed by atoms with Crippen molar-refractivity contribution in [1.82, 2.24) is 0 Å². The maximum atomic E-state index is 11.5. The molecule has 2 heteroatoms. The highest BCUT2D eigenvalue weighted by Gasteiger charge is 2.10. The van der Waals surface area contributed by atoms with E-state index in [-0.39, 0.29) is 11.9 Å². The Morgan fingerprint density at radius 2 is 1.81 bits per heavy atom. The van der Waals surface area contributed by atoms with Crippen molar-refractivity contribution >= 4 is 5.78 Å². The van der Waals surface area contributed by atoms with Gasteiger partial charge in [-0.1, -0.05) is 32.9 Å². The molecule has 0 aromatic heterocycles. The number of para-hydroxylation sites is 1. The summed E-state index contributed by atoms with van der Waals surface area (Å²) in [5.74, 6) is 0.815. The zero-order chi connectivity index (χ0) is 12.6. The summed E-state index contributed by atoms with van der Waals surface area (Å²) >= 11 is 0. The summed E-state index contributed by atoms with van der Waals surface area (Å²) in [5.41, 5.74) is 0.684. The van der Waals surface area contributed by atoms with Gasteiger partial charge in [0.1, 0.15) is 5.75 Å². The van der Waals surface area contributed by atoms with Crippen LogP contribution in [0.5, 0.6) is 5.75 Å². The third-order valence-corrected chi connectivity index (χ3v) is 1.87. The van der Waals surface area contributed by atoms with Crippen LogP contribution in [0.2, 0.25) is 0 Å². The fraction of sp³-hybridized carbons (Fsp3) is 0.500. The number of rotatable bonds is 4. The fourth-order valence-electron chi connectivity index (χ4n) is 1.24. The quantitative estimate of drug-likeness (QED) is 0.717. The van der Waals surface area contributed by atoms with E-state index in [1.807, 2.05) is 58.9 Å². The summed E-state index contributed by atoms with van der Waals surface area (Å²) in [4.78, 5) is 11.5. The van der Waals surface area contributed by atoms with Crippen LogP contribution >= 0.6 is 0 Å². The van der Waals surface area contributed by atoms with Crippen LogP contribution in [0.4, 0.5) is 0 Å². The van der Waals surface area contributed by atoms with Gasteiger partial charge >= 0.3 is 0 Å². The van der Waals surface area contributed by atoms with Crippen LogP contribution < -0.4 is 4.74 Å². The number of Topliss-reactive ketones (excluding diaryl/α,β-unsaturated/α-hetero) is 1. The summed E-state index contributed by atoms with van der Waals surface area (Å²) < 4.78 is 5.55. The van der Waals surface area contributed by atoms with E-state index >= 15 is 0 Å². The minimum Gasteiger partial charge on any atom is -0.490 e. The van der Waals surface area contributed by atoms with E-state index in [2.05, 4.69) is 0 Å². The van der Waals surface area contributed by atoms with Gasteiger partial charge in [-0.25, -0.2) is 0 Å². The lowest BCUT2D eigenvalue weighted by Crippen LogP contribution is -2.09. The molecule has 0 saturated carbocycles. The molecule has 0 bridgehead atoms. The number of benzene rings is 1. The topological polar surface area (TPSA) is 26.3 Å². The fourth-order valence-corrected chi connectivity index (χ4v) is 1.24. The molecule has 0 heterocycles. The molecule has 0 N–H and O–H groups in total. The van der Waals surface area contributed by atoms with Crippen LogP contribution in [-0.2, 0) is 0 Å². The van der Waals surface area contributed by atoms with E-state index in [4.69, 9.17) is 4.74 Å². The molecular weight excluding hydrogens is 200 g/mol. The Bertz CT molecular complexity index is 316. The second-order valence-corrected chi connectivity index (χ2v) is 3.44. The van der Waals surface area contributed by atoms with Crippen LogP contribution in [0.3, 0.4) is 0 Å². The maximum absolute atomic E-state index is 11.5. The maximum Gasteiger partial charge on any atom is 0.166 e. The molecule has 16 heavy (non-hydrogen) atoms. The lowest BCUT2D eigenvalue weighted by molar-refractivity contribution is 0.0982. The van der Waals surface area contributed by atoms with E-state index in [1.54, 1.807) is 0 Å². The van der Waals surface area contributed by atoms with Gasteiger partial charge in [0.15, 0.2) is 5.78 Å². The Morgan fingerprint density at radius 1 is 1.25 bits per heavy atom. The normalized spacial score (nSPS) is 9.38. The van der Waals surface area contributed by atoms with Crippen LogP contribution in [0.25, 0.3) is 0 Å². The molecule has 0 radical (unpaired) electrons. The van der Waals surface area contributed by atoms with E-state index < -0.39 is 0 Å². The lowest BCUT2D eigenvalue weighted by Gasteiger charge is -2.12. The van der Waals surface area contributed by atoms with E-state index in [1.165, 1.54) is 0 Å². The highest BCUT2D eigenvalue weighted by atomic mass is 16.5. The van der Waals surface area contributed by atoms with Crippen LogP contribution in [0, 0.1) is 0 Å². The average molecular weight is 222 g/mol. The van der Waals surface area contributed by atoms with Crippen molar-refractivity contribution in [3.8, 4) is 5.75 Å². The van der Waals surface area contributed by atoms with Crippen molar-refractivity contribution in [2.45, 2.75) is 47.1 Å². The van der Waals surface area contributed by atoms with Crippen LogP contribution in [0.1, 0.15) is 51.4 Å². The summed E-state index contributed by atoms with van der Waals surface area (Å²) in [6, 6.07) is 7.38. The number of carbonyl (C=O) groups excluding carboxylic acids is 1. The number of ether oxygens (including phenoxy) is 1. The number of ketones is 1. The zero-order valence-corrected chi connectivity index (χ0v) is 10.9. The van der Waals surface area contributed by atoms with Crippen molar-refractivity contribution in [3.63, 3.8) is 0 Å². The first-order valence-electron chi connectivity index (χ1n) is 5.94. The van der Waals surface area contributed by atoms with Crippen molar-refractivity contribution in [2.24, 2.45) is 0 Å².